The van der Waals surface area contributed by atoms with Crippen LogP contribution in [0.15, 0.2) is 17.7 Å². The Bertz CT molecular complexity index is 1060. The Hall–Kier alpha value is -2.13. The highest BCUT2D eigenvalue weighted by Gasteiger charge is 2.77. The molecule has 0 heterocycles. The summed E-state index contributed by atoms with van der Waals surface area (Å²) in [6.45, 7) is 6.70. The van der Waals surface area contributed by atoms with Gasteiger partial charge in [0.2, 0.25) is 0 Å². The maximum Gasteiger partial charge on any atom is 0.342 e. The number of ether oxygens (including phenoxy) is 1. The van der Waals surface area contributed by atoms with Crippen LogP contribution in [0, 0.1) is 23.7 Å². The molecule has 32 heavy (non-hydrogen) atoms. The number of esters is 1. The predicted octanol–water partition coefficient (Wildman–Crippen LogP) is 2.00. The van der Waals surface area contributed by atoms with E-state index in [0.29, 0.717) is 6.29 Å². The van der Waals surface area contributed by atoms with E-state index in [2.05, 4.69) is 0 Å². The van der Waals surface area contributed by atoms with Gasteiger partial charge < -0.3 is 30.3 Å². The molecular formula is C23H27ClO8. The van der Waals surface area contributed by atoms with Gasteiger partial charge in [0.15, 0.2) is 0 Å². The van der Waals surface area contributed by atoms with Crippen molar-refractivity contribution in [2.24, 2.45) is 16.7 Å². The lowest BCUT2D eigenvalue weighted by atomic mass is 9.43. The number of fused-ring (bicyclic) bond motifs is 3. The Morgan fingerprint density at radius 2 is 1.84 bits per heavy atom. The van der Waals surface area contributed by atoms with E-state index in [9.17, 15) is 35.1 Å². The van der Waals surface area contributed by atoms with Gasteiger partial charge in [0.25, 0.3) is 0 Å². The minimum absolute atomic E-state index is 0.0756. The van der Waals surface area contributed by atoms with Crippen molar-refractivity contribution in [3.63, 3.8) is 0 Å². The molecule has 174 valence electrons. The fourth-order valence-corrected chi connectivity index (χ4v) is 6.50. The topological polar surface area (TPSA) is 145 Å². The molecule has 1 aromatic carbocycles. The smallest absolute Gasteiger partial charge is 0.342 e. The van der Waals surface area contributed by atoms with E-state index in [4.69, 9.17) is 16.3 Å². The monoisotopic (exact) mass is 466 g/mol. The second-order valence-electron chi connectivity index (χ2n) is 10.3. The van der Waals surface area contributed by atoms with Gasteiger partial charge in [-0.15, -0.1) is 0 Å². The number of aliphatic hydroxyl groups is 3. The highest BCUT2D eigenvalue weighted by molar-refractivity contribution is 6.33. The Morgan fingerprint density at radius 3 is 2.44 bits per heavy atom. The van der Waals surface area contributed by atoms with E-state index in [-0.39, 0.29) is 34.6 Å². The van der Waals surface area contributed by atoms with E-state index in [1.807, 2.05) is 0 Å². The number of hydrogen-bond acceptors (Lipinski definition) is 8. The molecule has 0 aromatic heterocycles. The summed E-state index contributed by atoms with van der Waals surface area (Å²) in [7, 11) is 0. The van der Waals surface area contributed by atoms with Crippen molar-refractivity contribution in [1.29, 1.82) is 0 Å². The van der Waals surface area contributed by atoms with E-state index in [0.717, 1.165) is 6.07 Å². The molecule has 0 spiro atoms. The van der Waals surface area contributed by atoms with Gasteiger partial charge in [0.1, 0.15) is 35.1 Å². The van der Waals surface area contributed by atoms with Gasteiger partial charge >= 0.3 is 5.97 Å². The molecule has 3 aliphatic carbocycles. The predicted molar refractivity (Wildman–Crippen MR) is 113 cm³/mol. The standard InChI is InChI=1S/C23H27ClO8/c1-10-15(12(26)5-13(27)16(10)24)19(29)32-14-7-21(4)17-18(28)20(2,3)9-22(17,30)6-11(8-25)23(14,21)31/h5-6,8,14,17-18,26-28,30-31H,7,9H2,1-4H3/t14-,17-,18-,21-,22?,23+/m1/s1. The molecule has 4 rings (SSSR count). The number of aromatic hydroxyl groups is 2. The largest absolute Gasteiger partial charge is 0.507 e. The van der Waals surface area contributed by atoms with Crippen LogP contribution in [-0.2, 0) is 9.53 Å². The molecule has 0 amide bonds. The van der Waals surface area contributed by atoms with Crippen LogP contribution >= 0.6 is 11.6 Å². The molecule has 9 heteroatoms. The van der Waals surface area contributed by atoms with Crippen LogP contribution < -0.4 is 0 Å². The van der Waals surface area contributed by atoms with Crippen LogP contribution in [0.1, 0.15) is 49.5 Å². The fraction of sp³-hybridized carbons (Fsp3) is 0.565. The highest BCUT2D eigenvalue weighted by atomic mass is 35.5. The first-order valence-electron chi connectivity index (χ1n) is 10.4. The van der Waals surface area contributed by atoms with Crippen molar-refractivity contribution in [2.75, 3.05) is 0 Å². The summed E-state index contributed by atoms with van der Waals surface area (Å²) in [5.74, 6) is -2.71. The summed E-state index contributed by atoms with van der Waals surface area (Å²) in [5.41, 5.74) is -5.52. The third-order valence-corrected chi connectivity index (χ3v) is 8.39. The molecular weight excluding hydrogens is 440 g/mol. The van der Waals surface area contributed by atoms with Crippen LogP contribution in [0.25, 0.3) is 0 Å². The first-order valence-corrected chi connectivity index (χ1v) is 10.7. The van der Waals surface area contributed by atoms with Crippen molar-refractivity contribution in [3.8, 4) is 11.5 Å². The van der Waals surface area contributed by atoms with E-state index >= 15 is 0 Å². The number of rotatable bonds is 3. The lowest BCUT2D eigenvalue weighted by Gasteiger charge is -2.66. The zero-order valence-electron chi connectivity index (χ0n) is 18.2. The van der Waals surface area contributed by atoms with Gasteiger partial charge in [-0.25, -0.2) is 4.79 Å². The van der Waals surface area contributed by atoms with Crippen LogP contribution in [0.5, 0.6) is 11.5 Å². The molecule has 0 saturated heterocycles. The van der Waals surface area contributed by atoms with Crippen LogP contribution in [0.3, 0.4) is 0 Å². The van der Waals surface area contributed by atoms with E-state index < -0.39 is 57.6 Å². The summed E-state index contributed by atoms with van der Waals surface area (Å²) in [6, 6.07) is 0.917. The first kappa shape index (κ1) is 23.0. The van der Waals surface area contributed by atoms with Gasteiger partial charge in [0.05, 0.1) is 16.7 Å². The van der Waals surface area contributed by atoms with E-state index in [1.165, 1.54) is 13.0 Å². The Labute approximate surface area is 190 Å². The molecule has 6 atom stereocenters. The van der Waals surface area contributed by atoms with Crippen molar-refractivity contribution >= 4 is 23.9 Å². The van der Waals surface area contributed by atoms with Crippen LogP contribution in [-0.4, -0.2) is 61.2 Å². The number of carbonyl (C=O) groups is 2. The van der Waals surface area contributed by atoms with Crippen LogP contribution in [0.4, 0.5) is 0 Å². The van der Waals surface area contributed by atoms with Gasteiger partial charge in [-0.1, -0.05) is 32.4 Å². The molecule has 2 saturated carbocycles. The number of phenolic OH excluding ortho intramolecular Hbond substituents is 2. The molecule has 0 aliphatic heterocycles. The van der Waals surface area contributed by atoms with Crippen molar-refractivity contribution < 1.29 is 39.9 Å². The second-order valence-corrected chi connectivity index (χ2v) is 10.7. The number of benzene rings is 1. The number of aliphatic hydroxyl groups excluding tert-OH is 1. The maximum absolute atomic E-state index is 12.9. The molecule has 5 N–H and O–H groups in total. The quantitative estimate of drug-likeness (QED) is 0.336. The SMILES string of the molecule is Cc1c(Cl)c(O)cc(O)c1C(=O)O[C@@H]1C[C@]2(C)[C@H]3[C@@H](O)C(C)(C)CC3(O)C=C(C=O)[C@]12O. The third kappa shape index (κ3) is 2.67. The summed E-state index contributed by atoms with van der Waals surface area (Å²) >= 11 is 5.98. The van der Waals surface area contributed by atoms with Crippen molar-refractivity contribution in [2.45, 2.75) is 63.9 Å². The Morgan fingerprint density at radius 1 is 1.22 bits per heavy atom. The summed E-state index contributed by atoms with van der Waals surface area (Å²) in [5, 5.41) is 53.7. The maximum atomic E-state index is 12.9. The summed E-state index contributed by atoms with van der Waals surface area (Å²) in [6.07, 6.45) is -0.130. The highest BCUT2D eigenvalue weighted by Crippen LogP contribution is 2.69. The Kier molecular flexibility index (Phi) is 4.82. The molecule has 0 radical (unpaired) electrons. The number of aldehydes is 1. The van der Waals surface area contributed by atoms with Crippen LogP contribution in [0.2, 0.25) is 5.02 Å². The zero-order chi connectivity index (χ0) is 24.0. The zero-order valence-corrected chi connectivity index (χ0v) is 19.0. The lowest BCUT2D eigenvalue weighted by molar-refractivity contribution is -0.272. The average molecular weight is 467 g/mol. The molecule has 3 aliphatic rings. The van der Waals surface area contributed by atoms with Gasteiger partial charge in [-0.3, -0.25) is 4.79 Å². The van der Waals surface area contributed by atoms with Crippen molar-refractivity contribution in [3.05, 3.63) is 33.9 Å². The first-order chi connectivity index (χ1) is 14.6. The fourth-order valence-electron chi connectivity index (χ4n) is 6.35. The third-order valence-electron chi connectivity index (χ3n) is 7.91. The minimum Gasteiger partial charge on any atom is -0.507 e. The molecule has 2 fully saturated rings. The number of hydrogen-bond donors (Lipinski definition) is 5. The minimum atomic E-state index is -1.94. The Balaban J connectivity index is 1.72. The molecule has 0 bridgehead atoms. The summed E-state index contributed by atoms with van der Waals surface area (Å²) in [4.78, 5) is 24.8. The summed E-state index contributed by atoms with van der Waals surface area (Å²) < 4.78 is 5.52. The average Bonchev–Trinajstić information content (AvgIpc) is 2.87. The molecule has 8 nitrogen and oxygen atoms in total. The van der Waals surface area contributed by atoms with Crippen molar-refractivity contribution in [1.82, 2.24) is 0 Å². The van der Waals surface area contributed by atoms with Gasteiger partial charge in [-0.2, -0.15) is 0 Å². The number of phenols is 2. The normalized spacial score (nSPS) is 39.4. The number of halogens is 1. The van der Waals surface area contributed by atoms with E-state index in [1.54, 1.807) is 20.8 Å². The molecule has 1 aromatic rings. The van der Waals surface area contributed by atoms with Gasteiger partial charge in [-0.05, 0) is 36.8 Å². The number of carbonyl (C=O) groups excluding carboxylic acids is 2. The second kappa shape index (κ2) is 6.70. The lowest BCUT2D eigenvalue weighted by Crippen LogP contribution is -2.76. The van der Waals surface area contributed by atoms with Gasteiger partial charge in [0, 0.05) is 23.0 Å². The molecule has 1 unspecified atom stereocenters.